The van der Waals surface area contributed by atoms with Crippen LogP contribution >= 0.6 is 0 Å². The number of hydrogen-bond donors (Lipinski definition) is 1. The first-order chi connectivity index (χ1) is 8.47. The van der Waals surface area contributed by atoms with E-state index in [4.69, 9.17) is 5.73 Å². The van der Waals surface area contributed by atoms with Crippen molar-refractivity contribution in [1.29, 1.82) is 0 Å². The van der Waals surface area contributed by atoms with Gasteiger partial charge in [0.15, 0.2) is 0 Å². The van der Waals surface area contributed by atoms with Crippen molar-refractivity contribution in [3.05, 3.63) is 36.5 Å². The second kappa shape index (κ2) is 5.67. The van der Waals surface area contributed by atoms with Crippen molar-refractivity contribution in [1.82, 2.24) is 14.5 Å². The van der Waals surface area contributed by atoms with Crippen LogP contribution in [0.15, 0.2) is 30.9 Å². The molecule has 0 aliphatic rings. The summed E-state index contributed by atoms with van der Waals surface area (Å²) in [5, 5.41) is 0. The van der Waals surface area contributed by atoms with E-state index in [1.807, 2.05) is 36.7 Å². The first-order valence-electron chi connectivity index (χ1n) is 6.23. The Kier molecular flexibility index (Phi) is 4.48. The minimum absolute atomic E-state index is 0.0594. The fourth-order valence-electron chi connectivity index (χ4n) is 1.45. The van der Waals surface area contributed by atoms with Crippen LogP contribution in [0.3, 0.4) is 0 Å². The Balaban J connectivity index is 0.000000771. The summed E-state index contributed by atoms with van der Waals surface area (Å²) >= 11 is 0. The summed E-state index contributed by atoms with van der Waals surface area (Å²) in [6.45, 7) is 10.4. The highest BCUT2D eigenvalue weighted by Crippen LogP contribution is 2.21. The summed E-state index contributed by atoms with van der Waals surface area (Å²) in [5.41, 5.74) is 7.74. The van der Waals surface area contributed by atoms with Gasteiger partial charge in [-0.3, -0.25) is 0 Å². The van der Waals surface area contributed by atoms with E-state index in [9.17, 15) is 0 Å². The van der Waals surface area contributed by atoms with Gasteiger partial charge < -0.3 is 10.3 Å². The van der Waals surface area contributed by atoms with Crippen molar-refractivity contribution < 1.29 is 0 Å². The van der Waals surface area contributed by atoms with Crippen LogP contribution < -0.4 is 5.73 Å². The average molecular weight is 246 g/mol. The number of rotatable bonds is 1. The summed E-state index contributed by atoms with van der Waals surface area (Å²) in [6.07, 6.45) is 5.52. The largest absolute Gasteiger partial charge is 0.384 e. The van der Waals surface area contributed by atoms with Gasteiger partial charge in [0.2, 0.25) is 0 Å². The second-order valence-corrected chi connectivity index (χ2v) is 4.86. The third kappa shape index (κ3) is 3.32. The molecule has 4 nitrogen and oxygen atoms in total. The molecular formula is C14H22N4. The molecule has 0 aliphatic heterocycles. The summed E-state index contributed by atoms with van der Waals surface area (Å²) in [6, 6.07) is 3.73. The van der Waals surface area contributed by atoms with Crippen molar-refractivity contribution >= 4 is 5.82 Å². The van der Waals surface area contributed by atoms with E-state index < -0.39 is 0 Å². The zero-order chi connectivity index (χ0) is 13.8. The van der Waals surface area contributed by atoms with Crippen molar-refractivity contribution in [2.75, 3.05) is 5.73 Å². The van der Waals surface area contributed by atoms with Crippen molar-refractivity contribution in [2.45, 2.75) is 40.0 Å². The number of nitrogens with zero attached hydrogens (tertiary/aromatic N) is 3. The fraction of sp³-hybridized carbons (Fsp3) is 0.429. The zero-order valence-electron chi connectivity index (χ0n) is 11.8. The molecule has 2 rings (SSSR count). The lowest BCUT2D eigenvalue weighted by Crippen LogP contribution is -2.11. The Hall–Kier alpha value is -1.84. The Labute approximate surface area is 109 Å². The monoisotopic (exact) mass is 246 g/mol. The van der Waals surface area contributed by atoms with Gasteiger partial charge in [-0.15, -0.1) is 0 Å². The molecule has 0 bridgehead atoms. The number of nitrogen functional groups attached to an aromatic ring is 1. The third-order valence-electron chi connectivity index (χ3n) is 2.41. The number of hydrogen-bond acceptors (Lipinski definition) is 3. The molecule has 2 aromatic heterocycles. The predicted octanol–water partition coefficient (Wildman–Crippen LogP) is 3.17. The quantitative estimate of drug-likeness (QED) is 0.840. The van der Waals surface area contributed by atoms with E-state index in [1.54, 1.807) is 12.5 Å². The number of anilines is 1. The number of imidazole rings is 1. The highest BCUT2D eigenvalue weighted by molar-refractivity contribution is 5.41. The molecule has 2 N–H and O–H groups in total. The zero-order valence-corrected chi connectivity index (χ0v) is 11.8. The highest BCUT2D eigenvalue weighted by atomic mass is 15.0. The van der Waals surface area contributed by atoms with Gasteiger partial charge in [0.25, 0.3) is 0 Å². The summed E-state index contributed by atoms with van der Waals surface area (Å²) in [4.78, 5) is 8.36. The molecule has 18 heavy (non-hydrogen) atoms. The van der Waals surface area contributed by atoms with Crippen molar-refractivity contribution in [3.63, 3.8) is 0 Å². The van der Waals surface area contributed by atoms with Crippen molar-refractivity contribution in [3.8, 4) is 5.69 Å². The smallest absolute Gasteiger partial charge is 0.125 e. The van der Waals surface area contributed by atoms with Gasteiger partial charge in [-0.1, -0.05) is 34.6 Å². The van der Waals surface area contributed by atoms with Crippen LogP contribution in [0.4, 0.5) is 5.82 Å². The molecule has 4 heteroatoms. The molecule has 0 aromatic carbocycles. The molecule has 0 fully saturated rings. The first-order valence-corrected chi connectivity index (χ1v) is 6.23. The molecule has 2 heterocycles. The average Bonchev–Trinajstić information content (AvgIpc) is 2.80. The van der Waals surface area contributed by atoms with E-state index in [0.717, 1.165) is 11.4 Å². The molecule has 0 radical (unpaired) electrons. The van der Waals surface area contributed by atoms with E-state index in [2.05, 4.69) is 30.7 Å². The Bertz CT molecular complexity index is 494. The molecule has 0 spiro atoms. The standard InChI is InChI=1S/C12H16N4.C2H6/c1-12(2,3)10-7-16(8-15-10)9-4-5-14-11(13)6-9;1-2/h4-8H,1-3H3,(H2,13,14);1-2H3. The van der Waals surface area contributed by atoms with Crippen LogP contribution in [0, 0.1) is 0 Å². The van der Waals surface area contributed by atoms with E-state index in [0.29, 0.717) is 5.82 Å². The van der Waals surface area contributed by atoms with Crippen LogP contribution in [0.5, 0.6) is 0 Å². The maximum Gasteiger partial charge on any atom is 0.125 e. The fourth-order valence-corrected chi connectivity index (χ4v) is 1.45. The van der Waals surface area contributed by atoms with Gasteiger partial charge in [-0.25, -0.2) is 9.97 Å². The topological polar surface area (TPSA) is 56.7 Å². The lowest BCUT2D eigenvalue weighted by atomic mass is 9.93. The lowest BCUT2D eigenvalue weighted by Gasteiger charge is -2.14. The number of nitrogens with two attached hydrogens (primary N) is 1. The van der Waals surface area contributed by atoms with Crippen LogP contribution in [-0.2, 0) is 5.41 Å². The Morgan fingerprint density at radius 2 is 1.83 bits per heavy atom. The normalized spacial score (nSPS) is 10.7. The number of pyridine rings is 1. The van der Waals surface area contributed by atoms with Gasteiger partial charge >= 0.3 is 0 Å². The van der Waals surface area contributed by atoms with Crippen LogP contribution in [0.2, 0.25) is 0 Å². The molecule has 0 saturated carbocycles. The third-order valence-corrected chi connectivity index (χ3v) is 2.41. The van der Waals surface area contributed by atoms with Crippen LogP contribution in [0.1, 0.15) is 40.3 Å². The summed E-state index contributed by atoms with van der Waals surface area (Å²) in [5.74, 6) is 0.517. The molecule has 2 aromatic rings. The molecule has 0 unspecified atom stereocenters. The molecule has 0 amide bonds. The van der Waals surface area contributed by atoms with Crippen LogP contribution in [0.25, 0.3) is 5.69 Å². The predicted molar refractivity (Wildman–Crippen MR) is 75.8 cm³/mol. The number of aromatic nitrogens is 3. The van der Waals surface area contributed by atoms with Crippen molar-refractivity contribution in [2.24, 2.45) is 0 Å². The minimum atomic E-state index is 0.0594. The lowest BCUT2D eigenvalue weighted by molar-refractivity contribution is 0.572. The Morgan fingerprint density at radius 1 is 1.17 bits per heavy atom. The second-order valence-electron chi connectivity index (χ2n) is 4.86. The minimum Gasteiger partial charge on any atom is -0.384 e. The van der Waals surface area contributed by atoms with E-state index >= 15 is 0 Å². The van der Waals surface area contributed by atoms with E-state index in [-0.39, 0.29) is 5.41 Å². The highest BCUT2D eigenvalue weighted by Gasteiger charge is 2.16. The molecule has 0 aliphatic carbocycles. The van der Waals surface area contributed by atoms with Gasteiger partial charge in [-0.05, 0) is 6.07 Å². The van der Waals surface area contributed by atoms with Crippen LogP contribution in [-0.4, -0.2) is 14.5 Å². The van der Waals surface area contributed by atoms with Gasteiger partial charge in [-0.2, -0.15) is 0 Å². The molecular weight excluding hydrogens is 224 g/mol. The first kappa shape index (κ1) is 14.2. The maximum atomic E-state index is 5.64. The van der Waals surface area contributed by atoms with Gasteiger partial charge in [0.1, 0.15) is 5.82 Å². The van der Waals surface area contributed by atoms with Gasteiger partial charge in [0.05, 0.1) is 17.7 Å². The Morgan fingerprint density at radius 3 is 2.33 bits per heavy atom. The van der Waals surface area contributed by atoms with Gasteiger partial charge in [0, 0.05) is 23.9 Å². The summed E-state index contributed by atoms with van der Waals surface area (Å²) < 4.78 is 1.96. The SMILES string of the molecule is CC.CC(C)(C)c1cn(-c2ccnc(N)c2)cn1. The maximum absolute atomic E-state index is 5.64. The molecule has 98 valence electrons. The molecule has 0 atom stereocenters. The molecule has 0 saturated heterocycles. The summed E-state index contributed by atoms with van der Waals surface area (Å²) in [7, 11) is 0. The van der Waals surface area contributed by atoms with E-state index in [1.165, 1.54) is 0 Å².